The van der Waals surface area contributed by atoms with Crippen LogP contribution < -0.4 is 10.2 Å². The van der Waals surface area contributed by atoms with Crippen LogP contribution in [-0.2, 0) is 6.61 Å². The molecule has 10 heteroatoms. The van der Waals surface area contributed by atoms with Gasteiger partial charge in [0.15, 0.2) is 0 Å². The van der Waals surface area contributed by atoms with Gasteiger partial charge in [-0.1, -0.05) is 5.16 Å². The smallest absolute Gasteiger partial charge is 0.283 e. The van der Waals surface area contributed by atoms with Crippen molar-refractivity contribution < 1.29 is 18.4 Å². The van der Waals surface area contributed by atoms with Gasteiger partial charge in [-0.2, -0.15) is 0 Å². The van der Waals surface area contributed by atoms with Gasteiger partial charge < -0.3 is 9.26 Å². The number of pyridine rings is 1. The molecular weight excluding hydrogens is 367 g/mol. The molecule has 1 aliphatic rings. The monoisotopic (exact) mass is 386 g/mol. The lowest BCUT2D eigenvalue weighted by Crippen LogP contribution is -2.40. The first kappa shape index (κ1) is 18.1. The van der Waals surface area contributed by atoms with Gasteiger partial charge in [-0.05, 0) is 31.9 Å². The Morgan fingerprint density at radius 1 is 1.39 bits per heavy atom. The molecule has 0 atom stereocenters. The number of carbonyl (C=O) groups is 1. The molecule has 1 saturated heterocycles. The fourth-order valence-corrected chi connectivity index (χ4v) is 2.95. The molecule has 3 aromatic heterocycles. The van der Waals surface area contributed by atoms with Gasteiger partial charge in [0.2, 0.25) is 5.88 Å². The van der Waals surface area contributed by atoms with Crippen LogP contribution in [0.1, 0.15) is 34.7 Å². The maximum atomic E-state index is 13.1. The van der Waals surface area contributed by atoms with Crippen LogP contribution in [-0.4, -0.2) is 44.3 Å². The fourth-order valence-electron chi connectivity index (χ4n) is 2.95. The molecule has 146 valence electrons. The lowest BCUT2D eigenvalue weighted by atomic mass is 10.1. The fraction of sp³-hybridized carbons (Fsp3) is 0.333. The number of halogens is 1. The first-order valence-corrected chi connectivity index (χ1v) is 8.91. The molecule has 28 heavy (non-hydrogen) atoms. The molecular formula is C18H19FN6O3. The molecule has 2 N–H and O–H groups in total. The number of hydrogen-bond donors (Lipinski definition) is 2. The zero-order valence-corrected chi connectivity index (χ0v) is 15.2. The average Bonchev–Trinajstić information content (AvgIpc) is 3.42. The third-order valence-corrected chi connectivity index (χ3v) is 4.48. The lowest BCUT2D eigenvalue weighted by Gasteiger charge is -2.14. The largest absolute Gasteiger partial charge is 0.472 e. The Balaban J connectivity index is 1.42. The molecule has 4 rings (SSSR count). The Kier molecular flexibility index (Phi) is 5.02. The predicted octanol–water partition coefficient (Wildman–Crippen LogP) is 2.23. The second-order valence-corrected chi connectivity index (χ2v) is 6.47. The number of ether oxygens (including phenoxy) is 1. The summed E-state index contributed by atoms with van der Waals surface area (Å²) >= 11 is 0. The standard InChI is InChI=1S/C18H19FN6O3/c1-11-13(17(24-28-11)14-5-4-12(19)9-20-14)10-27-16-8-15(21-22-16)18(26)23-25-6-2-3-7-25/h4-5,8-9H,2-3,6-7,10H2,1H3,(H,21,22)(H,23,26). The third kappa shape index (κ3) is 3.86. The summed E-state index contributed by atoms with van der Waals surface area (Å²) < 4.78 is 24.0. The molecule has 0 saturated carbocycles. The van der Waals surface area contributed by atoms with Crippen LogP contribution in [0.5, 0.6) is 5.88 Å². The Morgan fingerprint density at radius 2 is 2.21 bits per heavy atom. The van der Waals surface area contributed by atoms with E-state index in [1.165, 1.54) is 18.2 Å². The number of hydrogen-bond acceptors (Lipinski definition) is 7. The summed E-state index contributed by atoms with van der Waals surface area (Å²) in [4.78, 5) is 16.2. The van der Waals surface area contributed by atoms with Crippen LogP contribution in [0, 0.1) is 12.7 Å². The van der Waals surface area contributed by atoms with Crippen LogP contribution in [0.4, 0.5) is 4.39 Å². The zero-order chi connectivity index (χ0) is 19.5. The Bertz CT molecular complexity index is 962. The van der Waals surface area contributed by atoms with Crippen molar-refractivity contribution in [2.24, 2.45) is 0 Å². The van der Waals surface area contributed by atoms with Crippen molar-refractivity contribution in [3.05, 3.63) is 47.2 Å². The van der Waals surface area contributed by atoms with Crippen LogP contribution in [0.3, 0.4) is 0 Å². The third-order valence-electron chi connectivity index (χ3n) is 4.48. The maximum Gasteiger partial charge on any atom is 0.283 e. The number of nitrogens with one attached hydrogen (secondary N) is 2. The summed E-state index contributed by atoms with van der Waals surface area (Å²) in [5.41, 5.74) is 4.76. The highest BCUT2D eigenvalue weighted by Crippen LogP contribution is 2.25. The van der Waals surface area contributed by atoms with Crippen molar-refractivity contribution in [2.45, 2.75) is 26.4 Å². The number of hydrazine groups is 1. The molecule has 0 aliphatic carbocycles. The number of H-pyrrole nitrogens is 1. The van der Waals surface area contributed by atoms with Crippen molar-refractivity contribution in [2.75, 3.05) is 13.1 Å². The van der Waals surface area contributed by atoms with Gasteiger partial charge in [-0.3, -0.25) is 20.3 Å². The van der Waals surface area contributed by atoms with E-state index in [9.17, 15) is 9.18 Å². The number of aromatic nitrogens is 4. The molecule has 1 amide bonds. The van der Waals surface area contributed by atoms with Crippen LogP contribution in [0.2, 0.25) is 0 Å². The molecule has 9 nitrogen and oxygen atoms in total. The normalized spacial score (nSPS) is 14.4. The van der Waals surface area contributed by atoms with Crippen LogP contribution >= 0.6 is 0 Å². The van der Waals surface area contributed by atoms with Gasteiger partial charge in [-0.15, -0.1) is 5.10 Å². The van der Waals surface area contributed by atoms with Crippen molar-refractivity contribution in [1.82, 2.24) is 30.8 Å². The van der Waals surface area contributed by atoms with Gasteiger partial charge in [-0.25, -0.2) is 9.40 Å². The quantitative estimate of drug-likeness (QED) is 0.668. The van der Waals surface area contributed by atoms with E-state index in [0.717, 1.165) is 32.1 Å². The van der Waals surface area contributed by atoms with Gasteiger partial charge >= 0.3 is 0 Å². The molecule has 0 radical (unpaired) electrons. The van der Waals surface area contributed by atoms with E-state index in [2.05, 4.69) is 25.8 Å². The molecule has 1 fully saturated rings. The Labute approximate surface area is 159 Å². The predicted molar refractivity (Wildman–Crippen MR) is 95.6 cm³/mol. The highest BCUT2D eigenvalue weighted by molar-refractivity contribution is 5.92. The topological polar surface area (TPSA) is 109 Å². The minimum absolute atomic E-state index is 0.113. The summed E-state index contributed by atoms with van der Waals surface area (Å²) in [6, 6.07) is 4.35. The Hall–Kier alpha value is -3.27. The van der Waals surface area contributed by atoms with Crippen molar-refractivity contribution in [3.8, 4) is 17.3 Å². The van der Waals surface area contributed by atoms with E-state index in [1.54, 1.807) is 6.92 Å². The van der Waals surface area contributed by atoms with Crippen molar-refractivity contribution in [1.29, 1.82) is 0 Å². The molecule has 4 heterocycles. The molecule has 0 aromatic carbocycles. The summed E-state index contributed by atoms with van der Waals surface area (Å²) in [6.07, 6.45) is 3.25. The molecule has 3 aromatic rings. The summed E-state index contributed by atoms with van der Waals surface area (Å²) in [5.74, 6) is 0.133. The highest BCUT2D eigenvalue weighted by atomic mass is 19.1. The minimum Gasteiger partial charge on any atom is -0.472 e. The summed E-state index contributed by atoms with van der Waals surface area (Å²) in [6.45, 7) is 3.55. The van der Waals surface area contributed by atoms with E-state index < -0.39 is 5.82 Å². The van der Waals surface area contributed by atoms with Gasteiger partial charge in [0.25, 0.3) is 5.91 Å². The van der Waals surface area contributed by atoms with Crippen LogP contribution in [0.25, 0.3) is 11.4 Å². The van der Waals surface area contributed by atoms with E-state index in [1.807, 2.05) is 5.01 Å². The number of nitrogens with zero attached hydrogens (tertiary/aromatic N) is 4. The Morgan fingerprint density at radius 3 is 2.96 bits per heavy atom. The number of rotatable bonds is 6. The summed E-state index contributed by atoms with van der Waals surface area (Å²) in [7, 11) is 0. The van der Waals surface area contributed by atoms with Gasteiger partial charge in [0, 0.05) is 19.2 Å². The van der Waals surface area contributed by atoms with Gasteiger partial charge in [0.1, 0.15) is 29.6 Å². The van der Waals surface area contributed by atoms with E-state index >= 15 is 0 Å². The number of aromatic amines is 1. The highest BCUT2D eigenvalue weighted by Gasteiger charge is 2.19. The first-order chi connectivity index (χ1) is 13.6. The molecule has 0 unspecified atom stereocenters. The van der Waals surface area contributed by atoms with Gasteiger partial charge in [0.05, 0.1) is 17.5 Å². The van der Waals surface area contributed by atoms with E-state index in [-0.39, 0.29) is 18.4 Å². The first-order valence-electron chi connectivity index (χ1n) is 8.91. The van der Waals surface area contributed by atoms with Crippen molar-refractivity contribution in [3.63, 3.8) is 0 Å². The molecule has 0 spiro atoms. The molecule has 1 aliphatic heterocycles. The lowest BCUT2D eigenvalue weighted by molar-refractivity contribution is 0.0820. The SMILES string of the molecule is Cc1onc(-c2ccc(F)cn2)c1COc1cc(C(=O)NN2CCCC2)[nH]n1. The van der Waals surface area contributed by atoms with Crippen molar-refractivity contribution >= 4 is 5.91 Å². The maximum absolute atomic E-state index is 13.1. The minimum atomic E-state index is -0.432. The average molecular weight is 386 g/mol. The number of amides is 1. The number of aryl methyl sites for hydroxylation is 1. The van der Waals surface area contributed by atoms with Crippen LogP contribution in [0.15, 0.2) is 28.9 Å². The number of carbonyl (C=O) groups excluding carboxylic acids is 1. The second kappa shape index (κ2) is 7.77. The van der Waals surface area contributed by atoms with E-state index in [4.69, 9.17) is 9.26 Å². The summed E-state index contributed by atoms with van der Waals surface area (Å²) in [5, 5.41) is 12.5. The zero-order valence-electron chi connectivity index (χ0n) is 15.2. The molecule has 0 bridgehead atoms. The second-order valence-electron chi connectivity index (χ2n) is 6.47. The van der Waals surface area contributed by atoms with E-state index in [0.29, 0.717) is 28.4 Å².